The van der Waals surface area contributed by atoms with Crippen LogP contribution in [0.5, 0.6) is 0 Å². The highest BCUT2D eigenvalue weighted by Gasteiger charge is 1.93. The van der Waals surface area contributed by atoms with E-state index in [2.05, 4.69) is 25.7 Å². The van der Waals surface area contributed by atoms with E-state index in [-0.39, 0.29) is 0 Å². The van der Waals surface area contributed by atoms with Gasteiger partial charge in [-0.1, -0.05) is 0 Å². The number of carbonyl (C=O) groups is 1. The number of carbonyl (C=O) groups excluding carboxylic acids is 1. The first-order chi connectivity index (χ1) is 5.74. The lowest BCUT2D eigenvalue weighted by Gasteiger charge is -1.76. The lowest BCUT2D eigenvalue weighted by atomic mass is 10.6. The van der Waals surface area contributed by atoms with Gasteiger partial charge in [-0.2, -0.15) is 0 Å². The monoisotopic (exact) mass is 251 g/mol. The number of rotatable bonds is 2. The summed E-state index contributed by atoms with van der Waals surface area (Å²) in [6, 6.07) is 0. The van der Waals surface area contributed by atoms with Crippen LogP contribution in [0, 0.1) is 0 Å². The van der Waals surface area contributed by atoms with E-state index in [0.29, 0.717) is 5.69 Å². The number of hydrogen-bond donors (Lipinski definition) is 0. The fourth-order valence-corrected chi connectivity index (χ4v) is 1.29. The number of nitrogens with zero attached hydrogens (tertiary/aromatic N) is 1. The Hall–Kier alpha value is -0.260. The predicted octanol–water partition coefficient (Wildman–Crippen LogP) is 2.37. The Labute approximate surface area is 83.9 Å². The zero-order valence-corrected chi connectivity index (χ0v) is 9.31. The zero-order chi connectivity index (χ0) is 9.40. The van der Waals surface area contributed by atoms with Crippen LogP contribution in [0.2, 0.25) is 0 Å². The molecule has 0 aliphatic rings. The second kappa shape index (κ2) is 7.39. The normalized spacial score (nSPS) is 8.58. The van der Waals surface area contributed by atoms with Gasteiger partial charge in [0.1, 0.15) is 5.69 Å². The van der Waals surface area contributed by atoms with Gasteiger partial charge in [-0.15, -0.1) is 11.3 Å². The predicted molar refractivity (Wildman–Crippen MR) is 52.8 cm³/mol. The lowest BCUT2D eigenvalue weighted by molar-refractivity contribution is 0.111. The number of thiazole rings is 1. The molecule has 0 saturated carbocycles. The van der Waals surface area contributed by atoms with Crippen molar-refractivity contribution in [3.63, 3.8) is 0 Å². The van der Waals surface area contributed by atoms with Gasteiger partial charge < -0.3 is 4.74 Å². The second-order valence-corrected chi connectivity index (χ2v) is 3.85. The van der Waals surface area contributed by atoms with Crippen molar-refractivity contribution >= 4 is 33.6 Å². The molecule has 12 heavy (non-hydrogen) atoms. The van der Waals surface area contributed by atoms with E-state index < -0.39 is 0 Å². The summed E-state index contributed by atoms with van der Waals surface area (Å²) in [4.78, 5) is 13.7. The molecule has 3 nitrogen and oxygen atoms in total. The van der Waals surface area contributed by atoms with Crippen molar-refractivity contribution in [2.75, 3.05) is 13.7 Å². The Kier molecular flexibility index (Phi) is 7.23. The van der Waals surface area contributed by atoms with E-state index in [1.54, 1.807) is 12.5 Å². The summed E-state index contributed by atoms with van der Waals surface area (Å²) in [5.41, 5.74) is 0.488. The molecule has 0 fully saturated rings. The summed E-state index contributed by atoms with van der Waals surface area (Å²) in [7, 11) is 1.68. The molecule has 0 amide bonds. The maximum atomic E-state index is 9.94. The highest BCUT2D eigenvalue weighted by Crippen LogP contribution is 2.13. The van der Waals surface area contributed by atoms with Crippen LogP contribution in [-0.4, -0.2) is 25.0 Å². The molecule has 0 N–H and O–H groups in total. The molecule has 0 spiro atoms. The molecule has 1 aromatic rings. The summed E-state index contributed by atoms with van der Waals surface area (Å²) in [5.74, 6) is 0. The number of methoxy groups -OCH3 is 1. The Morgan fingerprint density at radius 2 is 2.42 bits per heavy atom. The van der Waals surface area contributed by atoms with E-state index in [0.717, 1.165) is 16.8 Å². The number of aromatic nitrogens is 1. The first kappa shape index (κ1) is 11.7. The first-order valence-corrected chi connectivity index (χ1v) is 4.97. The number of aldehydes is 1. The van der Waals surface area contributed by atoms with Gasteiger partial charge in [-0.25, -0.2) is 4.98 Å². The van der Waals surface area contributed by atoms with E-state index in [9.17, 15) is 4.79 Å². The molecule has 0 radical (unpaired) electrons. The maximum Gasteiger partial charge on any atom is 0.169 e. The average Bonchev–Trinajstić information content (AvgIpc) is 2.52. The Morgan fingerprint density at radius 1 is 1.83 bits per heavy atom. The van der Waals surface area contributed by atoms with Gasteiger partial charge in [-0.05, 0) is 22.9 Å². The molecule has 0 atom stereocenters. The summed E-state index contributed by atoms with van der Waals surface area (Å²) in [6.45, 7) is 2.78. The van der Waals surface area contributed by atoms with Gasteiger partial charge in [0.2, 0.25) is 0 Å². The molecule has 0 bridgehead atoms. The fraction of sp³-hybridized carbons (Fsp3) is 0.429. The highest BCUT2D eigenvalue weighted by atomic mass is 79.9. The molecule has 0 saturated heterocycles. The quantitative estimate of drug-likeness (QED) is 0.758. The molecule has 0 aliphatic heterocycles. The van der Waals surface area contributed by atoms with Crippen LogP contribution in [0.15, 0.2) is 9.30 Å². The van der Waals surface area contributed by atoms with Gasteiger partial charge in [-0.3, -0.25) is 4.79 Å². The van der Waals surface area contributed by atoms with Crippen molar-refractivity contribution in [1.29, 1.82) is 0 Å². The number of hydrogen-bond acceptors (Lipinski definition) is 4. The van der Waals surface area contributed by atoms with Gasteiger partial charge in [0, 0.05) is 19.1 Å². The van der Waals surface area contributed by atoms with E-state index in [1.165, 1.54) is 11.3 Å². The van der Waals surface area contributed by atoms with Crippen LogP contribution >= 0.6 is 27.3 Å². The molecule has 0 aromatic carbocycles. The van der Waals surface area contributed by atoms with E-state index in [1.807, 2.05) is 6.92 Å². The zero-order valence-electron chi connectivity index (χ0n) is 6.91. The third-order valence-electron chi connectivity index (χ3n) is 0.903. The van der Waals surface area contributed by atoms with Crippen molar-refractivity contribution in [1.82, 2.24) is 4.98 Å². The fourth-order valence-electron chi connectivity index (χ4n) is 0.317. The first-order valence-electron chi connectivity index (χ1n) is 3.29. The molecule has 5 heteroatoms. The molecule has 0 aliphatic carbocycles. The summed E-state index contributed by atoms with van der Waals surface area (Å²) in [6.07, 6.45) is 0.723. The maximum absolute atomic E-state index is 9.94. The second-order valence-electron chi connectivity index (χ2n) is 1.72. The standard InChI is InChI=1S/C4H2BrNOS.C3H8O/c5-4-6-3(1-7)2-8-4;1-3-4-2/h1-2H;3H2,1-2H3. The van der Waals surface area contributed by atoms with Gasteiger partial charge >= 0.3 is 0 Å². The molecular formula is C7H10BrNO2S. The minimum Gasteiger partial charge on any atom is -0.385 e. The van der Waals surface area contributed by atoms with Crippen LogP contribution in [0.3, 0.4) is 0 Å². The van der Waals surface area contributed by atoms with Crippen molar-refractivity contribution < 1.29 is 9.53 Å². The van der Waals surface area contributed by atoms with Crippen LogP contribution in [-0.2, 0) is 4.74 Å². The number of halogens is 1. The molecule has 0 unspecified atom stereocenters. The SMILES string of the molecule is CCOC.O=Cc1csc(Br)n1. The van der Waals surface area contributed by atoms with E-state index in [4.69, 9.17) is 0 Å². The molecule has 68 valence electrons. The Morgan fingerprint density at radius 3 is 2.58 bits per heavy atom. The third-order valence-corrected chi connectivity index (χ3v) is 2.29. The van der Waals surface area contributed by atoms with Gasteiger partial charge in [0.25, 0.3) is 0 Å². The summed E-state index contributed by atoms with van der Waals surface area (Å²) in [5, 5.41) is 1.69. The van der Waals surface area contributed by atoms with E-state index >= 15 is 0 Å². The molecular weight excluding hydrogens is 242 g/mol. The minimum absolute atomic E-state index is 0.488. The Bertz CT molecular complexity index is 225. The molecule has 1 aromatic heterocycles. The largest absolute Gasteiger partial charge is 0.385 e. The van der Waals surface area contributed by atoms with Gasteiger partial charge in [0.05, 0.1) is 0 Å². The molecule has 1 rings (SSSR count). The van der Waals surface area contributed by atoms with Crippen LogP contribution in [0.1, 0.15) is 17.4 Å². The average molecular weight is 252 g/mol. The highest BCUT2D eigenvalue weighted by molar-refractivity contribution is 9.11. The Balaban J connectivity index is 0.000000261. The summed E-state index contributed by atoms with van der Waals surface area (Å²) >= 11 is 4.52. The molecule has 1 heterocycles. The smallest absolute Gasteiger partial charge is 0.169 e. The van der Waals surface area contributed by atoms with Crippen molar-refractivity contribution in [2.45, 2.75) is 6.92 Å². The van der Waals surface area contributed by atoms with Gasteiger partial charge in [0.15, 0.2) is 10.2 Å². The minimum atomic E-state index is 0.488. The van der Waals surface area contributed by atoms with Crippen LogP contribution in [0.4, 0.5) is 0 Å². The van der Waals surface area contributed by atoms with Crippen LogP contribution in [0.25, 0.3) is 0 Å². The lowest BCUT2D eigenvalue weighted by Crippen LogP contribution is -1.74. The van der Waals surface area contributed by atoms with Crippen molar-refractivity contribution in [3.05, 3.63) is 15.0 Å². The van der Waals surface area contributed by atoms with Crippen LogP contribution < -0.4 is 0 Å². The van der Waals surface area contributed by atoms with Crippen molar-refractivity contribution in [3.8, 4) is 0 Å². The summed E-state index contributed by atoms with van der Waals surface area (Å²) < 4.78 is 5.29. The topological polar surface area (TPSA) is 39.2 Å². The third kappa shape index (κ3) is 5.40. The van der Waals surface area contributed by atoms with Crippen molar-refractivity contribution in [2.24, 2.45) is 0 Å². The number of ether oxygens (including phenoxy) is 1.